The van der Waals surface area contributed by atoms with Crippen LogP contribution in [-0.4, -0.2) is 17.6 Å². The molecule has 1 aliphatic carbocycles. The third-order valence-corrected chi connectivity index (χ3v) is 6.67. The molecule has 0 bridgehead atoms. The van der Waals surface area contributed by atoms with Crippen LogP contribution in [0.4, 0.5) is 10.1 Å². The van der Waals surface area contributed by atoms with Crippen LogP contribution in [0.25, 0.3) is 0 Å². The summed E-state index contributed by atoms with van der Waals surface area (Å²) in [4.78, 5) is 0. The van der Waals surface area contributed by atoms with Gasteiger partial charge in [0.2, 0.25) is 0 Å². The van der Waals surface area contributed by atoms with Crippen molar-refractivity contribution in [3.63, 3.8) is 0 Å². The summed E-state index contributed by atoms with van der Waals surface area (Å²) in [6, 6.07) is 13.8. The highest BCUT2D eigenvalue weighted by Gasteiger charge is 2.38. The Labute approximate surface area is 151 Å². The Hall–Kier alpha value is -1.94. The lowest BCUT2D eigenvalue weighted by Gasteiger charge is -2.37. The van der Waals surface area contributed by atoms with Crippen LogP contribution in [-0.2, 0) is 0 Å². The van der Waals surface area contributed by atoms with Gasteiger partial charge >= 0.3 is 0 Å². The van der Waals surface area contributed by atoms with Gasteiger partial charge in [-0.2, -0.15) is 11.8 Å². The number of halogens is 1. The number of rotatable bonds is 3. The number of benzene rings is 2. The second-order valence-corrected chi connectivity index (χ2v) is 8.13. The summed E-state index contributed by atoms with van der Waals surface area (Å²) in [6.45, 7) is 0. The molecule has 0 aromatic heterocycles. The Morgan fingerprint density at radius 2 is 2.04 bits per heavy atom. The fourth-order valence-electron chi connectivity index (χ4n) is 4.15. The standard InChI is InChI=1S/C21H20FNOS/c22-14-7-8-20-19(10-14)17-5-2-6-18(17)21(23-20)13-3-1-4-15(9-13)24-16-11-25-12-16/h1-5,7-10,16-18,21,23H,6,11-12H2/t17?,18?,21-/m1/s1. The Morgan fingerprint density at radius 1 is 1.12 bits per heavy atom. The number of anilines is 1. The maximum absolute atomic E-state index is 13.7. The second-order valence-electron chi connectivity index (χ2n) is 7.06. The molecule has 0 saturated carbocycles. The number of ether oxygens (including phenoxy) is 1. The van der Waals surface area contributed by atoms with Gasteiger partial charge < -0.3 is 10.1 Å². The summed E-state index contributed by atoms with van der Waals surface area (Å²) < 4.78 is 19.8. The van der Waals surface area contributed by atoms with E-state index in [0.29, 0.717) is 12.0 Å². The van der Waals surface area contributed by atoms with E-state index in [-0.39, 0.29) is 17.8 Å². The lowest BCUT2D eigenvalue weighted by Crippen LogP contribution is -2.31. The highest BCUT2D eigenvalue weighted by atomic mass is 32.2. The Morgan fingerprint density at radius 3 is 2.88 bits per heavy atom. The average Bonchev–Trinajstić information content (AvgIpc) is 3.08. The smallest absolute Gasteiger partial charge is 0.123 e. The van der Waals surface area contributed by atoms with Gasteiger partial charge in [0, 0.05) is 23.1 Å². The Kier molecular flexibility index (Phi) is 3.74. The minimum atomic E-state index is -0.160. The molecular formula is C21H20FNOS. The van der Waals surface area contributed by atoms with Crippen molar-refractivity contribution in [2.45, 2.75) is 24.5 Å². The predicted octanol–water partition coefficient (Wildman–Crippen LogP) is 5.15. The summed E-state index contributed by atoms with van der Waals surface area (Å²) in [5, 5.41) is 3.65. The summed E-state index contributed by atoms with van der Waals surface area (Å²) in [7, 11) is 0. The van der Waals surface area contributed by atoms with Crippen LogP contribution < -0.4 is 10.1 Å². The molecule has 1 saturated heterocycles. The fourth-order valence-corrected chi connectivity index (χ4v) is 4.72. The molecule has 5 rings (SSSR count). The summed E-state index contributed by atoms with van der Waals surface area (Å²) in [5.74, 6) is 3.66. The van der Waals surface area contributed by atoms with Crippen molar-refractivity contribution in [2.24, 2.45) is 5.92 Å². The third-order valence-electron chi connectivity index (χ3n) is 5.45. The zero-order chi connectivity index (χ0) is 16.8. The van der Waals surface area contributed by atoms with E-state index in [1.165, 1.54) is 11.6 Å². The third kappa shape index (κ3) is 2.73. The Bertz CT molecular complexity index is 832. The zero-order valence-electron chi connectivity index (χ0n) is 13.8. The molecule has 128 valence electrons. The molecule has 2 aromatic rings. The normalized spacial score (nSPS) is 27.2. The first-order valence-corrected chi connectivity index (χ1v) is 10.0. The van der Waals surface area contributed by atoms with Crippen LogP contribution >= 0.6 is 11.8 Å². The minimum absolute atomic E-state index is 0.160. The van der Waals surface area contributed by atoms with Gasteiger partial charge in [-0.25, -0.2) is 4.39 Å². The molecule has 1 fully saturated rings. The summed E-state index contributed by atoms with van der Waals surface area (Å²) >= 11 is 1.93. The van der Waals surface area contributed by atoms with Gasteiger partial charge in [-0.1, -0.05) is 24.3 Å². The Balaban J connectivity index is 1.48. The van der Waals surface area contributed by atoms with Gasteiger partial charge in [0.05, 0.1) is 6.04 Å². The van der Waals surface area contributed by atoms with Crippen molar-refractivity contribution in [1.82, 2.24) is 0 Å². The first kappa shape index (κ1) is 15.3. The van der Waals surface area contributed by atoms with E-state index in [1.54, 1.807) is 6.07 Å². The number of allylic oxidation sites excluding steroid dienone is 2. The highest BCUT2D eigenvalue weighted by molar-refractivity contribution is 8.00. The SMILES string of the molecule is Fc1ccc2c(c1)C1C=CCC1[C@@H](c1cccc(OC3CSC3)c1)N2. The van der Waals surface area contributed by atoms with E-state index in [2.05, 4.69) is 35.7 Å². The fraction of sp³-hybridized carbons (Fsp3) is 0.333. The van der Waals surface area contributed by atoms with Crippen molar-refractivity contribution in [3.8, 4) is 5.75 Å². The van der Waals surface area contributed by atoms with Crippen molar-refractivity contribution in [1.29, 1.82) is 0 Å². The first-order valence-electron chi connectivity index (χ1n) is 8.85. The van der Waals surface area contributed by atoms with Crippen LogP contribution in [0.5, 0.6) is 5.75 Å². The maximum Gasteiger partial charge on any atom is 0.123 e. The van der Waals surface area contributed by atoms with Gasteiger partial charge in [-0.3, -0.25) is 0 Å². The predicted molar refractivity (Wildman–Crippen MR) is 101 cm³/mol. The lowest BCUT2D eigenvalue weighted by atomic mass is 9.77. The number of nitrogens with one attached hydrogen (secondary N) is 1. The van der Waals surface area contributed by atoms with E-state index in [4.69, 9.17) is 4.74 Å². The minimum Gasteiger partial charge on any atom is -0.489 e. The van der Waals surface area contributed by atoms with E-state index in [0.717, 1.165) is 34.9 Å². The number of fused-ring (bicyclic) bond motifs is 3. The monoisotopic (exact) mass is 353 g/mol. The molecule has 0 radical (unpaired) electrons. The summed E-state index contributed by atoms with van der Waals surface area (Å²) in [6.07, 6.45) is 5.84. The summed E-state index contributed by atoms with van der Waals surface area (Å²) in [5.41, 5.74) is 3.37. The van der Waals surface area contributed by atoms with Gasteiger partial charge in [-0.15, -0.1) is 0 Å². The van der Waals surface area contributed by atoms with Crippen LogP contribution in [0.15, 0.2) is 54.6 Å². The lowest BCUT2D eigenvalue weighted by molar-refractivity contribution is 0.240. The second kappa shape index (κ2) is 6.10. The zero-order valence-corrected chi connectivity index (χ0v) is 14.6. The van der Waals surface area contributed by atoms with Crippen molar-refractivity contribution < 1.29 is 9.13 Å². The molecule has 1 N–H and O–H groups in total. The largest absolute Gasteiger partial charge is 0.489 e. The molecule has 0 amide bonds. The van der Waals surface area contributed by atoms with E-state index < -0.39 is 0 Å². The van der Waals surface area contributed by atoms with Crippen LogP contribution in [0.1, 0.15) is 29.5 Å². The molecule has 2 nitrogen and oxygen atoms in total. The van der Waals surface area contributed by atoms with Crippen molar-refractivity contribution in [3.05, 3.63) is 71.6 Å². The van der Waals surface area contributed by atoms with Crippen LogP contribution in [0.3, 0.4) is 0 Å². The molecule has 0 spiro atoms. The van der Waals surface area contributed by atoms with Gasteiger partial charge in [0.1, 0.15) is 17.7 Å². The number of thioether (sulfide) groups is 1. The van der Waals surface area contributed by atoms with Crippen LogP contribution in [0, 0.1) is 11.7 Å². The molecule has 2 aliphatic heterocycles. The van der Waals surface area contributed by atoms with E-state index >= 15 is 0 Å². The molecule has 3 atom stereocenters. The van der Waals surface area contributed by atoms with Gasteiger partial charge in [0.15, 0.2) is 0 Å². The highest BCUT2D eigenvalue weighted by Crippen LogP contribution is 2.50. The van der Waals surface area contributed by atoms with E-state index in [9.17, 15) is 4.39 Å². The molecule has 25 heavy (non-hydrogen) atoms. The van der Waals surface area contributed by atoms with E-state index in [1.807, 2.05) is 23.9 Å². The molecular weight excluding hydrogens is 333 g/mol. The maximum atomic E-state index is 13.7. The molecule has 2 unspecified atom stereocenters. The average molecular weight is 353 g/mol. The van der Waals surface area contributed by atoms with Gasteiger partial charge in [-0.05, 0) is 53.8 Å². The quantitative estimate of drug-likeness (QED) is 0.772. The molecule has 2 heterocycles. The number of hydrogen-bond acceptors (Lipinski definition) is 3. The van der Waals surface area contributed by atoms with Crippen molar-refractivity contribution >= 4 is 17.4 Å². The molecule has 3 aliphatic rings. The van der Waals surface area contributed by atoms with Crippen molar-refractivity contribution in [2.75, 3.05) is 16.8 Å². The number of hydrogen-bond donors (Lipinski definition) is 1. The molecule has 2 aromatic carbocycles. The first-order chi connectivity index (χ1) is 12.3. The van der Waals surface area contributed by atoms with Crippen LogP contribution in [0.2, 0.25) is 0 Å². The topological polar surface area (TPSA) is 21.3 Å². The molecule has 4 heteroatoms. The van der Waals surface area contributed by atoms with Gasteiger partial charge in [0.25, 0.3) is 0 Å².